The van der Waals surface area contributed by atoms with Crippen molar-refractivity contribution in [1.29, 1.82) is 0 Å². The van der Waals surface area contributed by atoms with Gasteiger partial charge in [0.2, 0.25) is 0 Å². The van der Waals surface area contributed by atoms with E-state index in [9.17, 15) is 14.4 Å². The molecule has 182 valence electrons. The van der Waals surface area contributed by atoms with Gasteiger partial charge in [-0.15, -0.1) is 0 Å². The second kappa shape index (κ2) is 18.5. The van der Waals surface area contributed by atoms with Crippen molar-refractivity contribution in [3.63, 3.8) is 0 Å². The summed E-state index contributed by atoms with van der Waals surface area (Å²) in [5.74, 6) is 0.0657. The summed E-state index contributed by atoms with van der Waals surface area (Å²) in [4.78, 5) is 35.5. The Morgan fingerprint density at radius 3 is 2.32 bits per heavy atom. The van der Waals surface area contributed by atoms with Gasteiger partial charge in [0.15, 0.2) is 0 Å². The van der Waals surface area contributed by atoms with Gasteiger partial charge in [0.05, 0.1) is 25.2 Å². The molecule has 0 bridgehead atoms. The van der Waals surface area contributed by atoms with Crippen molar-refractivity contribution in [2.45, 2.75) is 85.5 Å². The normalized spacial score (nSPS) is 13.7. The number of ether oxygens (including phenoxy) is 3. The van der Waals surface area contributed by atoms with E-state index in [2.05, 4.69) is 41.8 Å². The zero-order chi connectivity index (χ0) is 23.5. The first-order chi connectivity index (χ1) is 14.8. The molecule has 2 atom stereocenters. The Hall–Kier alpha value is -1.06. The number of alkyl halides is 1. The van der Waals surface area contributed by atoms with Crippen molar-refractivity contribution in [1.82, 2.24) is 5.32 Å². The third-order valence-corrected chi connectivity index (χ3v) is 7.14. The highest BCUT2D eigenvalue weighted by Crippen LogP contribution is 2.25. The molecule has 0 rings (SSSR count). The van der Waals surface area contributed by atoms with Gasteiger partial charge in [-0.25, -0.2) is 4.79 Å². The van der Waals surface area contributed by atoms with Crippen molar-refractivity contribution < 1.29 is 28.6 Å². The molecule has 1 N–H and O–H groups in total. The zero-order valence-corrected chi connectivity index (χ0v) is 22.0. The topological polar surface area (TPSA) is 90.9 Å². The molecule has 0 aliphatic rings. The minimum Gasteiger partial charge on any atom is -0.465 e. The number of rotatable bonds is 18. The number of esters is 2. The fourth-order valence-electron chi connectivity index (χ4n) is 2.71. The second-order valence-corrected chi connectivity index (χ2v) is 8.92. The van der Waals surface area contributed by atoms with Crippen LogP contribution in [0.1, 0.15) is 85.5 Å². The van der Waals surface area contributed by atoms with Gasteiger partial charge in [0, 0.05) is 10.8 Å². The van der Waals surface area contributed by atoms with Gasteiger partial charge in [0.1, 0.15) is 6.61 Å². The fourth-order valence-corrected chi connectivity index (χ4v) is 3.56. The van der Waals surface area contributed by atoms with Crippen LogP contribution in [0.4, 0.5) is 4.79 Å². The molecular weight excluding hydrogens is 513 g/mol. The van der Waals surface area contributed by atoms with E-state index >= 15 is 0 Å². The van der Waals surface area contributed by atoms with Gasteiger partial charge in [-0.1, -0.05) is 62.6 Å². The first-order valence-corrected chi connectivity index (χ1v) is 13.1. The molecule has 0 aromatic rings. The molecule has 8 heteroatoms. The Kier molecular flexibility index (Phi) is 17.9. The number of nitrogens with one attached hydrogen (secondary N) is 1. The molecule has 2 unspecified atom stereocenters. The lowest BCUT2D eigenvalue weighted by Crippen LogP contribution is -2.34. The van der Waals surface area contributed by atoms with Crippen molar-refractivity contribution in [2.24, 2.45) is 11.3 Å². The van der Waals surface area contributed by atoms with E-state index in [1.165, 1.54) is 6.42 Å². The Labute approximate surface area is 201 Å². The van der Waals surface area contributed by atoms with Crippen LogP contribution in [-0.2, 0) is 23.8 Å². The van der Waals surface area contributed by atoms with Crippen molar-refractivity contribution >= 4 is 40.6 Å². The molecule has 0 aromatic carbocycles. The van der Waals surface area contributed by atoms with Crippen LogP contribution in [-0.4, -0.2) is 48.8 Å². The lowest BCUT2D eigenvalue weighted by atomic mass is 9.91. The molecule has 7 nitrogen and oxygen atoms in total. The Balaban J connectivity index is 3.69. The van der Waals surface area contributed by atoms with E-state index in [0.29, 0.717) is 42.8 Å². The number of amides is 1. The summed E-state index contributed by atoms with van der Waals surface area (Å²) in [7, 11) is 0. The molecule has 0 fully saturated rings. The van der Waals surface area contributed by atoms with Gasteiger partial charge in [-0.05, 0) is 44.9 Å². The molecule has 0 saturated carbocycles. The highest BCUT2D eigenvalue weighted by atomic mass is 127. The summed E-state index contributed by atoms with van der Waals surface area (Å²) in [6.07, 6.45) is 7.26. The predicted octanol–water partition coefficient (Wildman–Crippen LogP) is 5.43. The van der Waals surface area contributed by atoms with Gasteiger partial charge >= 0.3 is 18.0 Å². The van der Waals surface area contributed by atoms with Crippen LogP contribution in [0.5, 0.6) is 0 Å². The zero-order valence-electron chi connectivity index (χ0n) is 19.8. The smallest absolute Gasteiger partial charge is 0.407 e. The van der Waals surface area contributed by atoms with E-state index in [1.807, 2.05) is 13.8 Å². The van der Waals surface area contributed by atoms with Crippen LogP contribution >= 0.6 is 22.6 Å². The van der Waals surface area contributed by atoms with Crippen molar-refractivity contribution in [2.75, 3.05) is 30.8 Å². The maximum Gasteiger partial charge on any atom is 0.407 e. The highest BCUT2D eigenvalue weighted by Gasteiger charge is 2.31. The maximum atomic E-state index is 12.0. The number of unbranched alkanes of at least 4 members (excludes halogenated alkanes) is 3. The summed E-state index contributed by atoms with van der Waals surface area (Å²) in [5, 5.41) is 2.57. The number of hydrogen-bond acceptors (Lipinski definition) is 6. The van der Waals surface area contributed by atoms with E-state index in [4.69, 9.17) is 14.2 Å². The van der Waals surface area contributed by atoms with Gasteiger partial charge in [-0.2, -0.15) is 0 Å². The lowest BCUT2D eigenvalue weighted by molar-refractivity contribution is -0.153. The SMILES string of the molecule is CCCCC(CC)COC(=O)CCCCCOC(=O)NCCOC(=O)C(C)(CC)CI. The first-order valence-electron chi connectivity index (χ1n) is 11.6. The molecule has 0 radical (unpaired) electrons. The number of alkyl carbamates (subject to hydrolysis) is 1. The molecule has 0 spiro atoms. The van der Waals surface area contributed by atoms with Crippen LogP contribution in [0.2, 0.25) is 0 Å². The molecule has 0 saturated heterocycles. The summed E-state index contributed by atoms with van der Waals surface area (Å²) in [6, 6.07) is 0. The molecule has 0 aliphatic heterocycles. The number of hydrogen-bond donors (Lipinski definition) is 1. The summed E-state index contributed by atoms with van der Waals surface area (Å²) < 4.78 is 16.4. The number of halogens is 1. The van der Waals surface area contributed by atoms with Gasteiger partial charge in [0.25, 0.3) is 0 Å². The minimum absolute atomic E-state index is 0.125. The molecule has 31 heavy (non-hydrogen) atoms. The number of carbonyl (C=O) groups excluding carboxylic acids is 3. The van der Waals surface area contributed by atoms with Gasteiger partial charge < -0.3 is 19.5 Å². The summed E-state index contributed by atoms with van der Waals surface area (Å²) in [5.41, 5.74) is -0.486. The second-order valence-electron chi connectivity index (χ2n) is 8.16. The van der Waals surface area contributed by atoms with Crippen LogP contribution in [0.15, 0.2) is 0 Å². The van der Waals surface area contributed by atoms with Crippen LogP contribution in [0, 0.1) is 11.3 Å². The maximum absolute atomic E-state index is 12.0. The average molecular weight is 555 g/mol. The lowest BCUT2D eigenvalue weighted by Gasteiger charge is -2.23. The van der Waals surface area contributed by atoms with Gasteiger partial charge in [-0.3, -0.25) is 9.59 Å². The molecule has 0 heterocycles. The molecule has 1 amide bonds. The Bertz CT molecular complexity index is 510. The summed E-state index contributed by atoms with van der Waals surface area (Å²) in [6.45, 7) is 9.27. The molecule has 0 aliphatic carbocycles. The average Bonchev–Trinajstić information content (AvgIpc) is 2.78. The molecular formula is C23H42INO6. The van der Waals surface area contributed by atoms with Crippen LogP contribution < -0.4 is 5.32 Å². The molecule has 0 aromatic heterocycles. The Morgan fingerprint density at radius 2 is 1.71 bits per heavy atom. The third kappa shape index (κ3) is 14.6. The van der Waals surface area contributed by atoms with E-state index in [0.717, 1.165) is 32.1 Å². The minimum atomic E-state index is -0.528. The standard InChI is InChI=1S/C23H42INO6/c1-5-8-12-19(6-2)17-31-20(26)13-10-9-11-15-30-22(28)25-14-16-29-21(27)23(4,7-3)18-24/h19H,5-18H2,1-4H3,(H,25,28). The third-order valence-electron chi connectivity index (χ3n) is 5.45. The van der Waals surface area contributed by atoms with Crippen molar-refractivity contribution in [3.8, 4) is 0 Å². The first kappa shape index (κ1) is 29.9. The highest BCUT2D eigenvalue weighted by molar-refractivity contribution is 14.1. The van der Waals surface area contributed by atoms with Crippen LogP contribution in [0.25, 0.3) is 0 Å². The largest absolute Gasteiger partial charge is 0.465 e. The van der Waals surface area contributed by atoms with E-state index in [1.54, 1.807) is 0 Å². The van der Waals surface area contributed by atoms with E-state index in [-0.39, 0.29) is 25.1 Å². The van der Waals surface area contributed by atoms with Crippen LogP contribution in [0.3, 0.4) is 0 Å². The fraction of sp³-hybridized carbons (Fsp3) is 0.870. The number of carbonyl (C=O) groups is 3. The monoisotopic (exact) mass is 555 g/mol. The summed E-state index contributed by atoms with van der Waals surface area (Å²) >= 11 is 2.18. The van der Waals surface area contributed by atoms with Crippen molar-refractivity contribution in [3.05, 3.63) is 0 Å². The predicted molar refractivity (Wildman–Crippen MR) is 130 cm³/mol. The quantitative estimate of drug-likeness (QED) is 0.0798. The van der Waals surface area contributed by atoms with E-state index < -0.39 is 11.5 Å². The Morgan fingerprint density at radius 1 is 0.968 bits per heavy atom.